The van der Waals surface area contributed by atoms with Gasteiger partial charge in [0.1, 0.15) is 12.4 Å². The number of aliphatic hydroxyl groups excluding tert-OH is 2. The van der Waals surface area contributed by atoms with Gasteiger partial charge in [-0.15, -0.1) is 0 Å². The second-order valence-corrected chi connectivity index (χ2v) is 3.26. The lowest BCUT2D eigenvalue weighted by Crippen LogP contribution is -2.32. The summed E-state index contributed by atoms with van der Waals surface area (Å²) in [5, 5.41) is 34.9. The number of nitrogens with zero attached hydrogens (tertiary/aromatic N) is 3. The van der Waals surface area contributed by atoms with Crippen LogP contribution in [0.1, 0.15) is 0 Å². The fourth-order valence-electron chi connectivity index (χ4n) is 1.17. The number of hydrogen-bond acceptors (Lipinski definition) is 6. The number of hydrogen-bond donors (Lipinski definition) is 3. The second-order valence-electron chi connectivity index (χ2n) is 3.26. The molecule has 8 nitrogen and oxygen atoms in total. The van der Waals surface area contributed by atoms with E-state index in [-0.39, 0.29) is 18.8 Å². The highest BCUT2D eigenvalue weighted by Gasteiger charge is 2.11. The van der Waals surface area contributed by atoms with Crippen LogP contribution >= 0.6 is 0 Å². The zero-order valence-electron chi connectivity index (χ0n) is 8.61. The molecule has 1 rings (SSSR count). The summed E-state index contributed by atoms with van der Waals surface area (Å²) in [6.45, 7) is 0.872. The lowest BCUT2D eigenvalue weighted by atomic mass is 10.3. The molecular formula is C8H14N4O4. The van der Waals surface area contributed by atoms with E-state index in [1.54, 1.807) is 0 Å². The van der Waals surface area contributed by atoms with Gasteiger partial charge in [-0.25, -0.2) is 0 Å². The predicted octanol–water partition coefficient (Wildman–Crippen LogP) is -1.27. The maximum Gasteiger partial charge on any atom is 0.306 e. The van der Waals surface area contributed by atoms with E-state index in [4.69, 9.17) is 5.11 Å². The summed E-state index contributed by atoms with van der Waals surface area (Å²) < 4.78 is 1.31. The Bertz CT molecular complexity index is 341. The summed E-state index contributed by atoms with van der Waals surface area (Å²) in [6.07, 6.45) is 1.69. The van der Waals surface area contributed by atoms with Gasteiger partial charge in [-0.3, -0.25) is 14.8 Å². The van der Waals surface area contributed by atoms with Crippen LogP contribution < -0.4 is 5.32 Å². The molecule has 0 saturated heterocycles. The van der Waals surface area contributed by atoms with E-state index >= 15 is 0 Å². The van der Waals surface area contributed by atoms with Crippen LogP contribution in [0.5, 0.6) is 0 Å². The maximum atomic E-state index is 10.4. The molecule has 0 aliphatic carbocycles. The first-order valence-electron chi connectivity index (χ1n) is 4.80. The number of aromatic nitrogens is 2. The van der Waals surface area contributed by atoms with Crippen molar-refractivity contribution < 1.29 is 15.1 Å². The minimum absolute atomic E-state index is 0.0000381. The third-order valence-corrected chi connectivity index (χ3v) is 1.90. The van der Waals surface area contributed by atoms with Crippen molar-refractivity contribution in [2.45, 2.75) is 12.6 Å². The molecule has 0 radical (unpaired) electrons. The lowest BCUT2D eigenvalue weighted by Gasteiger charge is -2.10. The van der Waals surface area contributed by atoms with Gasteiger partial charge in [0.05, 0.1) is 24.2 Å². The Morgan fingerprint density at radius 1 is 1.69 bits per heavy atom. The summed E-state index contributed by atoms with van der Waals surface area (Å²) in [5.74, 6) is 0. The van der Waals surface area contributed by atoms with Crippen LogP contribution in [-0.2, 0) is 6.54 Å². The molecule has 1 atom stereocenters. The lowest BCUT2D eigenvalue weighted by molar-refractivity contribution is -0.385. The van der Waals surface area contributed by atoms with Crippen molar-refractivity contribution in [3.05, 3.63) is 22.5 Å². The van der Waals surface area contributed by atoms with Crippen molar-refractivity contribution in [1.29, 1.82) is 0 Å². The van der Waals surface area contributed by atoms with Crippen molar-refractivity contribution in [2.24, 2.45) is 0 Å². The molecule has 3 N–H and O–H groups in total. The fraction of sp³-hybridized carbons (Fsp3) is 0.625. The Morgan fingerprint density at radius 3 is 3.00 bits per heavy atom. The topological polar surface area (TPSA) is 113 Å². The van der Waals surface area contributed by atoms with Crippen LogP contribution in [0.4, 0.5) is 5.69 Å². The van der Waals surface area contributed by atoms with Crippen molar-refractivity contribution in [3.8, 4) is 0 Å². The Balaban J connectivity index is 2.37. The van der Waals surface area contributed by atoms with E-state index in [2.05, 4.69) is 10.4 Å². The molecule has 1 unspecified atom stereocenters. The summed E-state index contributed by atoms with van der Waals surface area (Å²) in [4.78, 5) is 9.82. The van der Waals surface area contributed by atoms with Crippen LogP contribution in [0, 0.1) is 10.1 Å². The molecule has 1 aromatic heterocycles. The van der Waals surface area contributed by atoms with Gasteiger partial charge in [0, 0.05) is 13.1 Å². The zero-order valence-corrected chi connectivity index (χ0v) is 8.61. The van der Waals surface area contributed by atoms with Crippen molar-refractivity contribution in [2.75, 3.05) is 19.7 Å². The summed E-state index contributed by atoms with van der Waals surface area (Å²) in [7, 11) is 0. The molecule has 0 aliphatic rings. The normalized spacial score (nSPS) is 12.6. The zero-order chi connectivity index (χ0) is 12.0. The Kier molecular flexibility index (Phi) is 4.83. The smallest absolute Gasteiger partial charge is 0.306 e. The number of aliphatic hydroxyl groups is 2. The first-order valence-corrected chi connectivity index (χ1v) is 4.80. The molecule has 0 saturated carbocycles. The quantitative estimate of drug-likeness (QED) is 0.306. The Hall–Kier alpha value is -1.51. The number of nitrogens with one attached hydrogen (secondary N) is 1. The molecule has 0 aliphatic heterocycles. The van der Waals surface area contributed by atoms with Gasteiger partial charge >= 0.3 is 5.69 Å². The molecule has 0 bridgehead atoms. The molecule has 16 heavy (non-hydrogen) atoms. The van der Waals surface area contributed by atoms with Crippen LogP contribution in [0.15, 0.2) is 12.4 Å². The first kappa shape index (κ1) is 12.6. The van der Waals surface area contributed by atoms with Gasteiger partial charge in [-0.2, -0.15) is 5.10 Å². The predicted molar refractivity (Wildman–Crippen MR) is 54.8 cm³/mol. The highest BCUT2D eigenvalue weighted by molar-refractivity contribution is 5.20. The van der Waals surface area contributed by atoms with Gasteiger partial charge < -0.3 is 15.5 Å². The fourth-order valence-corrected chi connectivity index (χ4v) is 1.17. The van der Waals surface area contributed by atoms with Gasteiger partial charge in [-0.1, -0.05) is 0 Å². The highest BCUT2D eigenvalue weighted by Crippen LogP contribution is 2.07. The minimum atomic E-state index is -0.703. The average molecular weight is 230 g/mol. The van der Waals surface area contributed by atoms with Crippen LogP contribution in [0.2, 0.25) is 0 Å². The molecule has 0 amide bonds. The molecule has 0 aromatic carbocycles. The van der Waals surface area contributed by atoms with Crippen LogP contribution in [0.3, 0.4) is 0 Å². The second kappa shape index (κ2) is 6.16. The summed E-state index contributed by atoms with van der Waals surface area (Å²) in [5.41, 5.74) is -0.101. The number of nitro groups is 1. The van der Waals surface area contributed by atoms with Crippen LogP contribution in [-0.4, -0.2) is 50.7 Å². The molecule has 90 valence electrons. The molecule has 0 spiro atoms. The van der Waals surface area contributed by atoms with E-state index in [9.17, 15) is 15.2 Å². The van der Waals surface area contributed by atoms with Crippen molar-refractivity contribution in [1.82, 2.24) is 15.1 Å². The van der Waals surface area contributed by atoms with E-state index < -0.39 is 11.0 Å². The van der Waals surface area contributed by atoms with Gasteiger partial charge in [0.15, 0.2) is 0 Å². The third kappa shape index (κ3) is 3.93. The molecule has 1 aromatic rings. The number of rotatable bonds is 7. The van der Waals surface area contributed by atoms with Gasteiger partial charge in [0.25, 0.3) is 0 Å². The third-order valence-electron chi connectivity index (χ3n) is 1.90. The Morgan fingerprint density at radius 2 is 2.44 bits per heavy atom. The first-order chi connectivity index (χ1) is 7.63. The van der Waals surface area contributed by atoms with Crippen molar-refractivity contribution in [3.63, 3.8) is 0 Å². The van der Waals surface area contributed by atoms with E-state index in [1.165, 1.54) is 10.9 Å². The van der Waals surface area contributed by atoms with Crippen molar-refractivity contribution >= 4 is 5.69 Å². The molecule has 1 heterocycles. The molecule has 0 fully saturated rings. The molecule has 8 heteroatoms. The van der Waals surface area contributed by atoms with Gasteiger partial charge in [-0.05, 0) is 0 Å². The monoisotopic (exact) mass is 230 g/mol. The minimum Gasteiger partial charge on any atom is -0.395 e. The largest absolute Gasteiger partial charge is 0.395 e. The van der Waals surface area contributed by atoms with E-state index in [0.717, 1.165) is 6.20 Å². The molecular weight excluding hydrogens is 216 g/mol. The SMILES string of the molecule is O=[N+]([O-])c1cnn(CC(O)CNCCO)c1. The standard InChI is InChI=1S/C8H14N4O4/c13-2-1-9-4-8(14)6-11-5-7(3-10-11)12(15)16/h3,5,8-9,13-14H,1-2,4,6H2. The highest BCUT2D eigenvalue weighted by atomic mass is 16.6. The summed E-state index contributed by atoms with van der Waals surface area (Å²) >= 11 is 0. The Labute approximate surface area is 91.7 Å². The van der Waals surface area contributed by atoms with E-state index in [0.29, 0.717) is 13.1 Å². The maximum absolute atomic E-state index is 10.4. The average Bonchev–Trinajstić information content (AvgIpc) is 2.66. The van der Waals surface area contributed by atoms with Gasteiger partial charge in [0.2, 0.25) is 0 Å². The van der Waals surface area contributed by atoms with Crippen LogP contribution in [0.25, 0.3) is 0 Å². The summed E-state index contributed by atoms with van der Waals surface area (Å²) in [6, 6.07) is 0. The van der Waals surface area contributed by atoms with E-state index in [1.807, 2.05) is 0 Å².